The number of amides is 1. The van der Waals surface area contributed by atoms with Gasteiger partial charge in [-0.15, -0.1) is 0 Å². The number of halogens is 1. The number of fused-ring (bicyclic) bond motifs is 1. The maximum atomic E-state index is 12.5. The van der Waals surface area contributed by atoms with Crippen molar-refractivity contribution < 1.29 is 4.79 Å². The van der Waals surface area contributed by atoms with Gasteiger partial charge in [-0.05, 0) is 29.1 Å². The van der Waals surface area contributed by atoms with E-state index in [2.05, 4.69) is 10.3 Å². The van der Waals surface area contributed by atoms with E-state index < -0.39 is 0 Å². The van der Waals surface area contributed by atoms with Crippen molar-refractivity contribution in [2.75, 3.05) is 11.1 Å². The highest BCUT2D eigenvalue weighted by Gasteiger charge is 2.12. The third-order valence-electron chi connectivity index (χ3n) is 4.48. The Morgan fingerprint density at radius 1 is 1.07 bits per heavy atom. The number of anilines is 1. The predicted molar refractivity (Wildman–Crippen MR) is 117 cm³/mol. The molecule has 3 aromatic carbocycles. The van der Waals surface area contributed by atoms with Gasteiger partial charge in [-0.25, -0.2) is 4.98 Å². The largest absolute Gasteiger partial charge is 0.325 e. The van der Waals surface area contributed by atoms with Crippen LogP contribution >= 0.6 is 23.4 Å². The van der Waals surface area contributed by atoms with Crippen LogP contribution < -0.4 is 5.32 Å². The van der Waals surface area contributed by atoms with E-state index in [0.717, 1.165) is 32.9 Å². The second-order valence-electron chi connectivity index (χ2n) is 6.36. The number of benzene rings is 3. The summed E-state index contributed by atoms with van der Waals surface area (Å²) in [5.41, 5.74) is 2.84. The summed E-state index contributed by atoms with van der Waals surface area (Å²) in [6.07, 6.45) is 1.81. The molecule has 0 bridgehead atoms. The molecule has 1 amide bonds. The van der Waals surface area contributed by atoms with Gasteiger partial charge in [0.2, 0.25) is 5.91 Å². The van der Waals surface area contributed by atoms with E-state index in [1.807, 2.05) is 84.5 Å². The second-order valence-corrected chi connectivity index (χ2v) is 7.73. The van der Waals surface area contributed by atoms with Crippen LogP contribution in [0.5, 0.6) is 0 Å². The first-order chi connectivity index (χ1) is 13.6. The lowest BCUT2D eigenvalue weighted by molar-refractivity contribution is -0.113. The van der Waals surface area contributed by atoms with Crippen molar-refractivity contribution >= 4 is 45.7 Å². The standard InChI is InChI=1S/C22H18ClN3OS/c1-26-20(16-9-11-17(23)12-10-16)13-24-22(26)28-14-21(27)25-19-8-4-6-15-5-2-3-7-18(15)19/h2-13H,14H2,1H3,(H,25,27). The minimum atomic E-state index is -0.0580. The van der Waals surface area contributed by atoms with Crippen LogP contribution in [-0.4, -0.2) is 21.2 Å². The number of nitrogens with zero attached hydrogens (tertiary/aromatic N) is 2. The van der Waals surface area contributed by atoms with E-state index in [1.54, 1.807) is 0 Å². The number of rotatable bonds is 5. The Hall–Kier alpha value is -2.76. The Morgan fingerprint density at radius 3 is 2.64 bits per heavy atom. The highest BCUT2D eigenvalue weighted by Crippen LogP contribution is 2.27. The van der Waals surface area contributed by atoms with Crippen LogP contribution in [0, 0.1) is 0 Å². The summed E-state index contributed by atoms with van der Waals surface area (Å²) >= 11 is 7.37. The fourth-order valence-corrected chi connectivity index (χ4v) is 3.94. The molecular weight excluding hydrogens is 390 g/mol. The number of carbonyl (C=O) groups excluding carboxylic acids is 1. The van der Waals surface area contributed by atoms with Crippen LogP contribution in [0.4, 0.5) is 5.69 Å². The zero-order valence-corrected chi connectivity index (χ0v) is 16.8. The first-order valence-electron chi connectivity index (χ1n) is 8.80. The summed E-state index contributed by atoms with van der Waals surface area (Å²) in [5.74, 6) is 0.228. The molecule has 0 aliphatic heterocycles. The van der Waals surface area contributed by atoms with Gasteiger partial charge in [0.1, 0.15) is 0 Å². The molecule has 4 aromatic rings. The Bertz CT molecular complexity index is 1130. The summed E-state index contributed by atoms with van der Waals surface area (Å²) in [7, 11) is 1.95. The van der Waals surface area contributed by atoms with Crippen molar-refractivity contribution in [3.8, 4) is 11.3 Å². The van der Waals surface area contributed by atoms with E-state index in [0.29, 0.717) is 5.02 Å². The molecule has 0 saturated carbocycles. The minimum absolute atomic E-state index is 0.0580. The summed E-state index contributed by atoms with van der Waals surface area (Å²) in [5, 5.41) is 6.63. The van der Waals surface area contributed by atoms with E-state index in [4.69, 9.17) is 11.6 Å². The fourth-order valence-electron chi connectivity index (χ4n) is 3.07. The summed E-state index contributed by atoms with van der Waals surface area (Å²) in [4.78, 5) is 16.9. The number of carbonyl (C=O) groups is 1. The van der Waals surface area contributed by atoms with Crippen molar-refractivity contribution in [1.29, 1.82) is 0 Å². The first kappa shape index (κ1) is 18.6. The average molecular weight is 408 g/mol. The number of aromatic nitrogens is 2. The smallest absolute Gasteiger partial charge is 0.234 e. The molecule has 0 unspecified atom stereocenters. The normalized spacial score (nSPS) is 10.9. The van der Waals surface area contributed by atoms with E-state index in [9.17, 15) is 4.79 Å². The average Bonchev–Trinajstić information content (AvgIpc) is 3.08. The third kappa shape index (κ3) is 3.91. The molecule has 1 aromatic heterocycles. The number of nitrogens with one attached hydrogen (secondary N) is 1. The zero-order chi connectivity index (χ0) is 19.5. The SMILES string of the molecule is Cn1c(-c2ccc(Cl)cc2)cnc1SCC(=O)Nc1cccc2ccccc12. The van der Waals surface area contributed by atoms with Gasteiger partial charge in [-0.1, -0.05) is 71.9 Å². The van der Waals surface area contributed by atoms with Crippen molar-refractivity contribution in [2.45, 2.75) is 5.16 Å². The number of hydrogen-bond acceptors (Lipinski definition) is 3. The lowest BCUT2D eigenvalue weighted by Gasteiger charge is -2.09. The number of thioether (sulfide) groups is 1. The van der Waals surface area contributed by atoms with Gasteiger partial charge in [0.15, 0.2) is 5.16 Å². The van der Waals surface area contributed by atoms with Gasteiger partial charge in [-0.2, -0.15) is 0 Å². The third-order valence-corrected chi connectivity index (χ3v) is 5.78. The Labute approximate surface area is 172 Å². The Morgan fingerprint density at radius 2 is 1.82 bits per heavy atom. The maximum Gasteiger partial charge on any atom is 0.234 e. The molecule has 0 aliphatic rings. The zero-order valence-electron chi connectivity index (χ0n) is 15.2. The quantitative estimate of drug-likeness (QED) is 0.436. The topological polar surface area (TPSA) is 46.9 Å². The van der Waals surface area contributed by atoms with Gasteiger partial charge in [0, 0.05) is 23.1 Å². The molecule has 28 heavy (non-hydrogen) atoms. The van der Waals surface area contributed by atoms with Gasteiger partial charge < -0.3 is 9.88 Å². The molecule has 4 nitrogen and oxygen atoms in total. The molecule has 4 rings (SSSR count). The van der Waals surface area contributed by atoms with Crippen LogP contribution in [0.25, 0.3) is 22.0 Å². The van der Waals surface area contributed by atoms with Gasteiger partial charge in [0.25, 0.3) is 0 Å². The molecular formula is C22H18ClN3OS. The molecule has 6 heteroatoms. The fraction of sp³-hybridized carbons (Fsp3) is 0.0909. The minimum Gasteiger partial charge on any atom is -0.325 e. The second kappa shape index (κ2) is 8.09. The summed E-state index contributed by atoms with van der Waals surface area (Å²) in [6, 6.07) is 21.5. The highest BCUT2D eigenvalue weighted by atomic mass is 35.5. The van der Waals surface area contributed by atoms with Crippen LogP contribution in [0.3, 0.4) is 0 Å². The van der Waals surface area contributed by atoms with Crippen LogP contribution in [0.15, 0.2) is 78.1 Å². The van der Waals surface area contributed by atoms with Crippen molar-refractivity contribution in [3.05, 3.63) is 77.9 Å². The van der Waals surface area contributed by atoms with E-state index >= 15 is 0 Å². The lowest BCUT2D eigenvalue weighted by atomic mass is 10.1. The van der Waals surface area contributed by atoms with Crippen molar-refractivity contribution in [1.82, 2.24) is 9.55 Å². The molecule has 0 saturated heterocycles. The molecule has 0 fully saturated rings. The Balaban J connectivity index is 1.44. The Kier molecular flexibility index (Phi) is 5.37. The summed E-state index contributed by atoms with van der Waals surface area (Å²) < 4.78 is 1.99. The molecule has 0 aliphatic carbocycles. The lowest BCUT2D eigenvalue weighted by Crippen LogP contribution is -2.14. The van der Waals surface area contributed by atoms with Gasteiger partial charge in [0.05, 0.1) is 17.6 Å². The van der Waals surface area contributed by atoms with Crippen LogP contribution in [0.2, 0.25) is 5.02 Å². The number of hydrogen-bond donors (Lipinski definition) is 1. The van der Waals surface area contributed by atoms with Gasteiger partial charge in [-0.3, -0.25) is 4.79 Å². The van der Waals surface area contributed by atoms with Crippen molar-refractivity contribution in [3.63, 3.8) is 0 Å². The van der Waals surface area contributed by atoms with Gasteiger partial charge >= 0.3 is 0 Å². The maximum absolute atomic E-state index is 12.5. The monoisotopic (exact) mass is 407 g/mol. The van der Waals surface area contributed by atoms with E-state index in [-0.39, 0.29) is 11.7 Å². The van der Waals surface area contributed by atoms with E-state index in [1.165, 1.54) is 11.8 Å². The van der Waals surface area contributed by atoms with Crippen molar-refractivity contribution in [2.24, 2.45) is 7.05 Å². The molecule has 0 spiro atoms. The first-order valence-corrected chi connectivity index (χ1v) is 10.2. The van der Waals surface area contributed by atoms with Crippen LogP contribution in [-0.2, 0) is 11.8 Å². The molecule has 1 heterocycles. The number of imidazole rings is 1. The predicted octanol–water partition coefficient (Wildman–Crippen LogP) is 5.62. The van der Waals surface area contributed by atoms with Crippen LogP contribution in [0.1, 0.15) is 0 Å². The molecule has 1 N–H and O–H groups in total. The molecule has 0 radical (unpaired) electrons. The summed E-state index contributed by atoms with van der Waals surface area (Å²) in [6.45, 7) is 0. The molecule has 140 valence electrons. The highest BCUT2D eigenvalue weighted by molar-refractivity contribution is 7.99. The molecule has 0 atom stereocenters.